The van der Waals surface area contributed by atoms with Crippen LogP contribution in [-0.2, 0) is 12.8 Å². The van der Waals surface area contributed by atoms with Crippen LogP contribution >= 0.6 is 23.2 Å². The van der Waals surface area contributed by atoms with Crippen LogP contribution in [0.15, 0.2) is 34.9 Å². The number of halogens is 2. The number of aryl methyl sites for hydroxylation is 1. The number of hydrogen-bond acceptors (Lipinski definition) is 2. The lowest BCUT2D eigenvalue weighted by molar-refractivity contribution is 0.487. The zero-order valence-electron chi connectivity index (χ0n) is 11.7. The minimum atomic E-state index is 0.158. The van der Waals surface area contributed by atoms with Gasteiger partial charge in [0.25, 0.3) is 0 Å². The Bertz CT molecular complexity index is 545. The molecule has 2 nitrogen and oxygen atoms in total. The molecule has 0 bridgehead atoms. The molecule has 1 aromatic heterocycles. The summed E-state index contributed by atoms with van der Waals surface area (Å²) in [6.07, 6.45) is 3.37. The van der Waals surface area contributed by atoms with Gasteiger partial charge in [-0.3, -0.25) is 0 Å². The molecule has 1 N–H and O–H groups in total. The van der Waals surface area contributed by atoms with Crippen LogP contribution in [-0.4, -0.2) is 6.54 Å². The van der Waals surface area contributed by atoms with E-state index in [1.165, 1.54) is 5.56 Å². The molecule has 0 spiro atoms. The Morgan fingerprint density at radius 1 is 1.15 bits per heavy atom. The third kappa shape index (κ3) is 3.38. The average Bonchev–Trinajstić information content (AvgIpc) is 2.90. The Labute approximate surface area is 130 Å². The molecule has 0 radical (unpaired) electrons. The number of nitrogens with one attached hydrogen (secondary N) is 1. The number of hydrogen-bond donors (Lipinski definition) is 1. The standard InChI is InChI=1S/C16H19Cl2NO/c1-3-16-11(8-9-20-16)15(19-4-2)10-12-13(17)6-5-7-14(12)18/h5-9,15,19H,3-4,10H2,1-2H3. The fourth-order valence-electron chi connectivity index (χ4n) is 2.42. The molecule has 20 heavy (non-hydrogen) atoms. The van der Waals surface area contributed by atoms with Gasteiger partial charge < -0.3 is 9.73 Å². The van der Waals surface area contributed by atoms with Crippen LogP contribution in [0.5, 0.6) is 0 Å². The number of likely N-dealkylation sites (N-methyl/N-ethyl adjacent to an activating group) is 1. The first kappa shape index (κ1) is 15.4. The molecule has 1 aromatic carbocycles. The SMILES string of the molecule is CCNC(Cc1c(Cl)cccc1Cl)c1ccoc1CC. The van der Waals surface area contributed by atoms with Gasteiger partial charge in [0.2, 0.25) is 0 Å². The number of furan rings is 1. The largest absolute Gasteiger partial charge is 0.469 e. The van der Waals surface area contributed by atoms with Crippen molar-refractivity contribution in [1.82, 2.24) is 5.32 Å². The van der Waals surface area contributed by atoms with Crippen molar-refractivity contribution in [1.29, 1.82) is 0 Å². The first-order chi connectivity index (χ1) is 9.67. The summed E-state index contributed by atoms with van der Waals surface area (Å²) in [4.78, 5) is 0. The molecule has 2 aromatic rings. The second kappa shape index (κ2) is 7.16. The van der Waals surface area contributed by atoms with E-state index in [-0.39, 0.29) is 6.04 Å². The van der Waals surface area contributed by atoms with Gasteiger partial charge in [-0.1, -0.05) is 43.1 Å². The van der Waals surface area contributed by atoms with Gasteiger partial charge in [-0.05, 0) is 36.7 Å². The van der Waals surface area contributed by atoms with Crippen LogP contribution in [0, 0.1) is 0 Å². The third-order valence-electron chi connectivity index (χ3n) is 3.40. The maximum Gasteiger partial charge on any atom is 0.108 e. The molecule has 0 saturated heterocycles. The van der Waals surface area contributed by atoms with Gasteiger partial charge in [0.05, 0.1) is 6.26 Å². The van der Waals surface area contributed by atoms with Crippen LogP contribution < -0.4 is 5.32 Å². The Morgan fingerprint density at radius 3 is 2.45 bits per heavy atom. The summed E-state index contributed by atoms with van der Waals surface area (Å²) < 4.78 is 5.53. The molecule has 108 valence electrons. The molecule has 1 atom stereocenters. The molecule has 2 rings (SSSR count). The molecule has 0 aliphatic carbocycles. The fraction of sp³-hybridized carbons (Fsp3) is 0.375. The zero-order chi connectivity index (χ0) is 14.5. The van der Waals surface area contributed by atoms with Crippen molar-refractivity contribution >= 4 is 23.2 Å². The summed E-state index contributed by atoms with van der Waals surface area (Å²) >= 11 is 12.5. The van der Waals surface area contributed by atoms with Crippen molar-refractivity contribution in [2.45, 2.75) is 32.7 Å². The van der Waals surface area contributed by atoms with Crippen molar-refractivity contribution in [3.8, 4) is 0 Å². The maximum atomic E-state index is 6.27. The van der Waals surface area contributed by atoms with Crippen molar-refractivity contribution in [3.63, 3.8) is 0 Å². The van der Waals surface area contributed by atoms with E-state index in [0.29, 0.717) is 10.0 Å². The highest BCUT2D eigenvalue weighted by molar-refractivity contribution is 6.36. The lowest BCUT2D eigenvalue weighted by Crippen LogP contribution is -2.23. The minimum Gasteiger partial charge on any atom is -0.469 e. The highest BCUT2D eigenvalue weighted by atomic mass is 35.5. The summed E-state index contributed by atoms with van der Waals surface area (Å²) in [6, 6.07) is 7.80. The number of benzene rings is 1. The van der Waals surface area contributed by atoms with Crippen LogP contribution in [0.3, 0.4) is 0 Å². The van der Waals surface area contributed by atoms with Gasteiger partial charge in [-0.15, -0.1) is 0 Å². The van der Waals surface area contributed by atoms with Crippen LogP contribution in [0.2, 0.25) is 10.0 Å². The van der Waals surface area contributed by atoms with Gasteiger partial charge in [-0.2, -0.15) is 0 Å². The van der Waals surface area contributed by atoms with Crippen molar-refractivity contribution < 1.29 is 4.42 Å². The molecule has 0 saturated carbocycles. The van der Waals surface area contributed by atoms with E-state index in [2.05, 4.69) is 19.2 Å². The molecule has 1 unspecified atom stereocenters. The summed E-state index contributed by atoms with van der Waals surface area (Å²) in [5.74, 6) is 1.01. The molecule has 1 heterocycles. The summed E-state index contributed by atoms with van der Waals surface area (Å²) in [6.45, 7) is 5.06. The molecular weight excluding hydrogens is 293 g/mol. The lowest BCUT2D eigenvalue weighted by Gasteiger charge is -2.19. The topological polar surface area (TPSA) is 25.2 Å². The second-order valence-electron chi connectivity index (χ2n) is 4.67. The summed E-state index contributed by atoms with van der Waals surface area (Å²) in [5.41, 5.74) is 2.16. The van der Waals surface area contributed by atoms with Crippen LogP contribution in [0.25, 0.3) is 0 Å². The molecule has 0 fully saturated rings. The molecule has 0 aliphatic heterocycles. The molecular formula is C16H19Cl2NO. The Morgan fingerprint density at radius 2 is 1.85 bits per heavy atom. The lowest BCUT2D eigenvalue weighted by atomic mass is 9.98. The highest BCUT2D eigenvalue weighted by Gasteiger charge is 2.19. The van der Waals surface area contributed by atoms with Gasteiger partial charge in [0.15, 0.2) is 0 Å². The van der Waals surface area contributed by atoms with Crippen molar-refractivity contribution in [3.05, 3.63) is 57.5 Å². The highest BCUT2D eigenvalue weighted by Crippen LogP contribution is 2.31. The summed E-state index contributed by atoms with van der Waals surface area (Å²) in [5, 5.41) is 4.91. The van der Waals surface area contributed by atoms with Gasteiger partial charge in [-0.25, -0.2) is 0 Å². The predicted molar refractivity (Wildman–Crippen MR) is 84.7 cm³/mol. The summed E-state index contributed by atoms with van der Waals surface area (Å²) in [7, 11) is 0. The third-order valence-corrected chi connectivity index (χ3v) is 4.11. The molecule has 4 heteroatoms. The van der Waals surface area contributed by atoms with E-state index in [1.54, 1.807) is 6.26 Å². The Kier molecular flexibility index (Phi) is 5.53. The van der Waals surface area contributed by atoms with E-state index in [0.717, 1.165) is 30.7 Å². The van der Waals surface area contributed by atoms with Gasteiger partial charge >= 0.3 is 0 Å². The minimum absolute atomic E-state index is 0.158. The normalized spacial score (nSPS) is 12.6. The molecule has 0 amide bonds. The first-order valence-electron chi connectivity index (χ1n) is 6.89. The van der Waals surface area contributed by atoms with E-state index in [1.807, 2.05) is 24.3 Å². The fourth-order valence-corrected chi connectivity index (χ4v) is 2.97. The second-order valence-corrected chi connectivity index (χ2v) is 5.48. The number of rotatable bonds is 6. The Hall–Kier alpha value is -0.960. The van der Waals surface area contributed by atoms with Crippen molar-refractivity contribution in [2.75, 3.05) is 6.54 Å². The van der Waals surface area contributed by atoms with E-state index in [4.69, 9.17) is 27.6 Å². The molecule has 0 aliphatic rings. The average molecular weight is 312 g/mol. The van der Waals surface area contributed by atoms with Crippen LogP contribution in [0.4, 0.5) is 0 Å². The van der Waals surface area contributed by atoms with Gasteiger partial charge in [0.1, 0.15) is 5.76 Å². The predicted octanol–water partition coefficient (Wildman–Crippen LogP) is 5.04. The van der Waals surface area contributed by atoms with E-state index < -0.39 is 0 Å². The van der Waals surface area contributed by atoms with Gasteiger partial charge in [0, 0.05) is 28.1 Å². The van der Waals surface area contributed by atoms with Crippen molar-refractivity contribution in [2.24, 2.45) is 0 Å². The smallest absolute Gasteiger partial charge is 0.108 e. The van der Waals surface area contributed by atoms with Crippen LogP contribution in [0.1, 0.15) is 36.8 Å². The van der Waals surface area contributed by atoms with E-state index in [9.17, 15) is 0 Å². The van der Waals surface area contributed by atoms with E-state index >= 15 is 0 Å². The zero-order valence-corrected chi connectivity index (χ0v) is 13.3. The monoisotopic (exact) mass is 311 g/mol. The Balaban J connectivity index is 2.30. The quantitative estimate of drug-likeness (QED) is 0.808. The maximum absolute atomic E-state index is 6.27. The first-order valence-corrected chi connectivity index (χ1v) is 7.65.